The van der Waals surface area contributed by atoms with Gasteiger partial charge in [-0.2, -0.15) is 0 Å². The zero-order chi connectivity index (χ0) is 19.3. The van der Waals surface area contributed by atoms with E-state index in [1.54, 1.807) is 0 Å². The molecule has 0 radical (unpaired) electrons. The normalized spacial score (nSPS) is 11.0. The highest BCUT2D eigenvalue weighted by molar-refractivity contribution is 5.70. The van der Waals surface area contributed by atoms with Gasteiger partial charge in [0.2, 0.25) is 0 Å². The smallest absolute Gasteiger partial charge is 0.123 e. The highest BCUT2D eigenvalue weighted by atomic mass is 16.3. The van der Waals surface area contributed by atoms with Crippen LogP contribution in [0.4, 0.5) is 0 Å². The molecule has 1 N–H and O–H groups in total. The number of unbranched alkanes of at least 4 members (excludes halogenated alkanes) is 8. The van der Waals surface area contributed by atoms with Crippen molar-refractivity contribution < 1.29 is 5.11 Å². The van der Waals surface area contributed by atoms with Crippen LogP contribution in [0.15, 0.2) is 42.5 Å². The van der Waals surface area contributed by atoms with Gasteiger partial charge in [0.25, 0.3) is 0 Å². The number of hydrogen-bond donors (Lipinski definition) is 1. The molecule has 0 bridgehead atoms. The first-order chi connectivity index (χ1) is 13.2. The summed E-state index contributed by atoms with van der Waals surface area (Å²) in [5.41, 5.74) is 4.70. The third kappa shape index (κ3) is 7.79. The van der Waals surface area contributed by atoms with Crippen LogP contribution >= 0.6 is 0 Å². The van der Waals surface area contributed by atoms with E-state index in [-0.39, 0.29) is 0 Å². The second-order valence-corrected chi connectivity index (χ2v) is 7.88. The van der Waals surface area contributed by atoms with Gasteiger partial charge in [-0.1, -0.05) is 102 Å². The standard InChI is InChI=1S/C26H38O/c1-3-5-7-9-11-13-22-15-18-24(19-16-22)25-20-17-23(21-26(25)27)14-12-10-8-6-4-2/h15-21,27H,3-14H2,1-2H3. The number of aromatic hydroxyl groups is 1. The van der Waals surface area contributed by atoms with Gasteiger partial charge in [0.05, 0.1) is 0 Å². The monoisotopic (exact) mass is 366 g/mol. The van der Waals surface area contributed by atoms with Crippen molar-refractivity contribution in [3.05, 3.63) is 53.6 Å². The van der Waals surface area contributed by atoms with Gasteiger partial charge in [-0.25, -0.2) is 0 Å². The van der Waals surface area contributed by atoms with Crippen molar-refractivity contribution in [2.75, 3.05) is 0 Å². The van der Waals surface area contributed by atoms with E-state index in [9.17, 15) is 5.11 Å². The Morgan fingerprint density at radius 3 is 1.67 bits per heavy atom. The van der Waals surface area contributed by atoms with E-state index in [0.29, 0.717) is 5.75 Å². The van der Waals surface area contributed by atoms with Crippen LogP contribution in [0.2, 0.25) is 0 Å². The molecular formula is C26H38O. The fraction of sp³-hybridized carbons (Fsp3) is 0.538. The largest absolute Gasteiger partial charge is 0.507 e. The molecule has 0 aliphatic rings. The van der Waals surface area contributed by atoms with Crippen LogP contribution in [0.3, 0.4) is 0 Å². The Balaban J connectivity index is 1.86. The molecule has 2 aromatic rings. The van der Waals surface area contributed by atoms with Crippen LogP contribution in [-0.4, -0.2) is 5.11 Å². The number of benzene rings is 2. The van der Waals surface area contributed by atoms with Gasteiger partial charge in [0.15, 0.2) is 0 Å². The molecule has 0 aliphatic heterocycles. The molecule has 2 aromatic carbocycles. The Morgan fingerprint density at radius 1 is 0.593 bits per heavy atom. The molecule has 1 heteroatoms. The number of aryl methyl sites for hydroxylation is 2. The molecule has 0 heterocycles. The van der Waals surface area contributed by atoms with Crippen molar-refractivity contribution in [2.24, 2.45) is 0 Å². The van der Waals surface area contributed by atoms with Gasteiger partial charge >= 0.3 is 0 Å². The maximum atomic E-state index is 10.5. The fourth-order valence-corrected chi connectivity index (χ4v) is 3.69. The summed E-state index contributed by atoms with van der Waals surface area (Å²) in [6.45, 7) is 4.51. The summed E-state index contributed by atoms with van der Waals surface area (Å²) in [4.78, 5) is 0. The number of rotatable bonds is 13. The molecule has 27 heavy (non-hydrogen) atoms. The zero-order valence-corrected chi connectivity index (χ0v) is 17.5. The van der Waals surface area contributed by atoms with Crippen LogP contribution in [0, 0.1) is 0 Å². The van der Waals surface area contributed by atoms with Crippen molar-refractivity contribution >= 4 is 0 Å². The lowest BCUT2D eigenvalue weighted by atomic mass is 9.98. The highest BCUT2D eigenvalue weighted by Crippen LogP contribution is 2.31. The van der Waals surface area contributed by atoms with Gasteiger partial charge in [0.1, 0.15) is 5.75 Å². The van der Waals surface area contributed by atoms with Crippen molar-refractivity contribution in [3.8, 4) is 16.9 Å². The highest BCUT2D eigenvalue weighted by Gasteiger charge is 2.06. The summed E-state index contributed by atoms with van der Waals surface area (Å²) in [6.07, 6.45) is 15.3. The molecule has 148 valence electrons. The minimum atomic E-state index is 0.411. The summed E-state index contributed by atoms with van der Waals surface area (Å²) in [5.74, 6) is 0.411. The Hall–Kier alpha value is -1.76. The minimum Gasteiger partial charge on any atom is -0.507 e. The van der Waals surface area contributed by atoms with E-state index in [1.165, 1.54) is 75.3 Å². The van der Waals surface area contributed by atoms with E-state index in [0.717, 1.165) is 24.0 Å². The molecule has 0 atom stereocenters. The van der Waals surface area contributed by atoms with Crippen LogP contribution in [0.5, 0.6) is 5.75 Å². The molecule has 0 amide bonds. The molecule has 0 fully saturated rings. The number of hydrogen-bond acceptors (Lipinski definition) is 1. The van der Waals surface area contributed by atoms with Gasteiger partial charge < -0.3 is 5.11 Å². The first kappa shape index (κ1) is 21.5. The van der Waals surface area contributed by atoms with Crippen LogP contribution in [0.1, 0.15) is 89.2 Å². The fourth-order valence-electron chi connectivity index (χ4n) is 3.69. The molecule has 1 nitrogen and oxygen atoms in total. The zero-order valence-electron chi connectivity index (χ0n) is 17.5. The minimum absolute atomic E-state index is 0.411. The summed E-state index contributed by atoms with van der Waals surface area (Å²) < 4.78 is 0. The quantitative estimate of drug-likeness (QED) is 0.355. The number of phenols is 1. The molecular weight excluding hydrogens is 328 g/mol. The Bertz CT molecular complexity index is 642. The van der Waals surface area contributed by atoms with E-state index in [2.05, 4.69) is 50.2 Å². The molecule has 0 aromatic heterocycles. The van der Waals surface area contributed by atoms with E-state index in [4.69, 9.17) is 0 Å². The van der Waals surface area contributed by atoms with Crippen molar-refractivity contribution in [1.29, 1.82) is 0 Å². The van der Waals surface area contributed by atoms with E-state index >= 15 is 0 Å². The Kier molecular flexibility index (Phi) is 10.0. The molecule has 2 rings (SSSR count). The summed E-state index contributed by atoms with van der Waals surface area (Å²) in [7, 11) is 0. The predicted octanol–water partition coefficient (Wildman–Crippen LogP) is 8.09. The number of phenolic OH excluding ortho intramolecular Hbond substituents is 1. The second-order valence-electron chi connectivity index (χ2n) is 7.88. The van der Waals surface area contributed by atoms with Crippen LogP contribution in [0.25, 0.3) is 11.1 Å². The van der Waals surface area contributed by atoms with E-state index < -0.39 is 0 Å². The van der Waals surface area contributed by atoms with Crippen LogP contribution < -0.4 is 0 Å². The lowest BCUT2D eigenvalue weighted by molar-refractivity contribution is 0.476. The third-order valence-electron chi connectivity index (χ3n) is 5.47. The first-order valence-electron chi connectivity index (χ1n) is 11.2. The average molecular weight is 367 g/mol. The SMILES string of the molecule is CCCCCCCc1ccc(-c2ccc(CCCCCCC)cc2O)cc1. The van der Waals surface area contributed by atoms with Crippen LogP contribution in [-0.2, 0) is 12.8 Å². The predicted molar refractivity (Wildman–Crippen MR) is 118 cm³/mol. The molecule has 0 saturated heterocycles. The summed E-state index contributed by atoms with van der Waals surface area (Å²) in [6, 6.07) is 15.0. The molecule has 0 spiro atoms. The lowest BCUT2D eigenvalue weighted by Gasteiger charge is -2.09. The van der Waals surface area contributed by atoms with Crippen molar-refractivity contribution in [2.45, 2.75) is 90.9 Å². The molecule has 0 aliphatic carbocycles. The van der Waals surface area contributed by atoms with E-state index in [1.807, 2.05) is 6.07 Å². The van der Waals surface area contributed by atoms with Gasteiger partial charge in [-0.15, -0.1) is 0 Å². The lowest BCUT2D eigenvalue weighted by Crippen LogP contribution is -1.89. The van der Waals surface area contributed by atoms with Gasteiger partial charge in [-0.3, -0.25) is 0 Å². The average Bonchev–Trinajstić information content (AvgIpc) is 2.68. The third-order valence-corrected chi connectivity index (χ3v) is 5.47. The second kappa shape index (κ2) is 12.6. The first-order valence-corrected chi connectivity index (χ1v) is 11.2. The maximum Gasteiger partial charge on any atom is 0.123 e. The maximum absolute atomic E-state index is 10.5. The van der Waals surface area contributed by atoms with Gasteiger partial charge in [-0.05, 0) is 48.4 Å². The Morgan fingerprint density at radius 2 is 1.11 bits per heavy atom. The summed E-state index contributed by atoms with van der Waals surface area (Å²) >= 11 is 0. The Labute approximate surface area is 166 Å². The van der Waals surface area contributed by atoms with Crippen molar-refractivity contribution in [3.63, 3.8) is 0 Å². The molecule has 0 saturated carbocycles. The van der Waals surface area contributed by atoms with Crippen molar-refractivity contribution in [1.82, 2.24) is 0 Å². The summed E-state index contributed by atoms with van der Waals surface area (Å²) in [5, 5.41) is 10.5. The van der Waals surface area contributed by atoms with Gasteiger partial charge in [0, 0.05) is 5.56 Å². The molecule has 0 unspecified atom stereocenters. The topological polar surface area (TPSA) is 20.2 Å².